The summed E-state index contributed by atoms with van der Waals surface area (Å²) >= 11 is 6.27. The molecule has 0 saturated carbocycles. The van der Waals surface area contributed by atoms with Crippen LogP contribution in [0.5, 0.6) is 0 Å². The molecule has 0 radical (unpaired) electrons. The van der Waals surface area contributed by atoms with Gasteiger partial charge in [0.05, 0.1) is 12.2 Å². The molecule has 0 N–H and O–H groups in total. The third-order valence-electron chi connectivity index (χ3n) is 7.58. The predicted molar refractivity (Wildman–Crippen MR) is 135 cm³/mol. The van der Waals surface area contributed by atoms with Crippen LogP contribution >= 0.6 is 11.6 Å². The molecule has 0 bridgehead atoms. The van der Waals surface area contributed by atoms with E-state index in [9.17, 15) is 9.59 Å². The summed E-state index contributed by atoms with van der Waals surface area (Å²) in [4.78, 5) is 30.4. The zero-order chi connectivity index (χ0) is 24.7. The minimum atomic E-state index is -0.0334. The molecule has 2 fully saturated rings. The third-order valence-corrected chi connectivity index (χ3v) is 7.80. The van der Waals surface area contributed by atoms with Crippen LogP contribution in [-0.2, 0) is 28.9 Å². The smallest absolute Gasteiger partial charge is 0.274 e. The number of fused-ring (bicyclic) bond motifs is 1. The van der Waals surface area contributed by atoms with Crippen molar-refractivity contribution in [2.75, 3.05) is 26.2 Å². The number of rotatable bonds is 4. The van der Waals surface area contributed by atoms with Crippen LogP contribution in [-0.4, -0.2) is 69.8 Å². The number of carbonyl (C=O) groups excluding carboxylic acids is 2. The molecule has 188 valence electrons. The molecular formula is C27H35ClN4O3. The summed E-state index contributed by atoms with van der Waals surface area (Å²) in [6.45, 7) is 8.86. The molecule has 2 aliphatic heterocycles. The van der Waals surface area contributed by atoms with E-state index < -0.39 is 0 Å². The Kier molecular flexibility index (Phi) is 6.91. The van der Waals surface area contributed by atoms with Gasteiger partial charge in [0.15, 0.2) is 5.69 Å². The Morgan fingerprint density at radius 1 is 1.06 bits per heavy atom. The van der Waals surface area contributed by atoms with Crippen molar-refractivity contribution in [2.24, 2.45) is 0 Å². The van der Waals surface area contributed by atoms with Gasteiger partial charge < -0.3 is 14.5 Å². The van der Waals surface area contributed by atoms with Crippen LogP contribution in [0.15, 0.2) is 18.2 Å². The number of benzene rings is 1. The summed E-state index contributed by atoms with van der Waals surface area (Å²) in [6.07, 6.45) is 4.61. The zero-order valence-electron chi connectivity index (χ0n) is 20.9. The van der Waals surface area contributed by atoms with E-state index in [1.807, 2.05) is 29.7 Å². The van der Waals surface area contributed by atoms with Crippen molar-refractivity contribution in [3.63, 3.8) is 0 Å². The average molecular weight is 499 g/mol. The number of hydrogen-bond donors (Lipinski definition) is 0. The van der Waals surface area contributed by atoms with Gasteiger partial charge in [-0.05, 0) is 82.1 Å². The molecule has 8 heteroatoms. The predicted octanol–water partition coefficient (Wildman–Crippen LogP) is 3.99. The summed E-state index contributed by atoms with van der Waals surface area (Å²) in [5, 5.41) is 5.47. The summed E-state index contributed by atoms with van der Waals surface area (Å²) in [7, 11) is 0. The first kappa shape index (κ1) is 24.3. The van der Waals surface area contributed by atoms with Crippen molar-refractivity contribution in [3.05, 3.63) is 51.3 Å². The Morgan fingerprint density at radius 2 is 1.77 bits per heavy atom. The number of piperidine rings is 1. The summed E-state index contributed by atoms with van der Waals surface area (Å²) in [5.74, 6) is 0.470. The van der Waals surface area contributed by atoms with E-state index in [1.54, 1.807) is 4.68 Å². The van der Waals surface area contributed by atoms with Gasteiger partial charge in [0.1, 0.15) is 6.54 Å². The van der Waals surface area contributed by atoms with E-state index in [4.69, 9.17) is 21.4 Å². The topological polar surface area (TPSA) is 67.7 Å². The fourth-order valence-electron chi connectivity index (χ4n) is 6.00. The van der Waals surface area contributed by atoms with Crippen molar-refractivity contribution in [2.45, 2.75) is 77.5 Å². The molecule has 0 spiro atoms. The highest BCUT2D eigenvalue weighted by Gasteiger charge is 2.33. The van der Waals surface area contributed by atoms with E-state index in [0.717, 1.165) is 61.5 Å². The molecule has 5 rings (SSSR count). The molecule has 0 unspecified atom stereocenters. The lowest BCUT2D eigenvalue weighted by Gasteiger charge is -2.35. The van der Waals surface area contributed by atoms with Crippen molar-refractivity contribution < 1.29 is 14.3 Å². The third kappa shape index (κ3) is 5.12. The molecule has 1 aromatic heterocycles. The Bertz CT molecular complexity index is 1090. The van der Waals surface area contributed by atoms with Crippen LogP contribution in [0, 0.1) is 6.92 Å². The Hall–Kier alpha value is -2.38. The first-order valence-corrected chi connectivity index (χ1v) is 13.2. The van der Waals surface area contributed by atoms with E-state index in [0.29, 0.717) is 24.7 Å². The minimum Gasteiger partial charge on any atom is -0.372 e. The monoisotopic (exact) mass is 498 g/mol. The molecule has 2 atom stereocenters. The lowest BCUT2D eigenvalue weighted by Crippen LogP contribution is -2.48. The van der Waals surface area contributed by atoms with Gasteiger partial charge in [-0.15, -0.1) is 0 Å². The van der Waals surface area contributed by atoms with E-state index in [-0.39, 0.29) is 30.6 Å². The number of amides is 2. The van der Waals surface area contributed by atoms with Crippen molar-refractivity contribution in [3.8, 4) is 0 Å². The van der Waals surface area contributed by atoms with Gasteiger partial charge in [-0.2, -0.15) is 5.10 Å². The lowest BCUT2D eigenvalue weighted by molar-refractivity contribution is -0.133. The highest BCUT2D eigenvalue weighted by atomic mass is 35.5. The van der Waals surface area contributed by atoms with Crippen LogP contribution in [0.25, 0.3) is 0 Å². The molecule has 2 amide bonds. The number of halogens is 1. The second-order valence-electron chi connectivity index (χ2n) is 10.5. The highest BCUT2D eigenvalue weighted by Crippen LogP contribution is 2.31. The van der Waals surface area contributed by atoms with Gasteiger partial charge >= 0.3 is 0 Å². The molecular weight excluding hydrogens is 464 g/mol. The molecule has 3 heterocycles. The molecule has 3 aliphatic rings. The Balaban J connectivity index is 1.25. The molecule has 1 aromatic carbocycles. The summed E-state index contributed by atoms with van der Waals surface area (Å²) < 4.78 is 7.59. The van der Waals surface area contributed by atoms with Crippen LogP contribution in [0.1, 0.15) is 71.9 Å². The largest absolute Gasteiger partial charge is 0.372 e. The average Bonchev–Trinajstić information content (AvgIpc) is 3.41. The van der Waals surface area contributed by atoms with Crippen molar-refractivity contribution in [1.82, 2.24) is 19.6 Å². The minimum absolute atomic E-state index is 0.0122. The van der Waals surface area contributed by atoms with Crippen LogP contribution < -0.4 is 0 Å². The molecule has 7 nitrogen and oxygen atoms in total. The van der Waals surface area contributed by atoms with Gasteiger partial charge in [0.25, 0.3) is 5.91 Å². The standard InChI is InChI=1S/C27H35ClN4O3/c1-17-11-21(13-22(28)12-17)20-7-9-30(10-8-20)25(33)16-32-24-6-4-5-23(24)26(29-32)27(34)31-14-18(2)35-19(3)15-31/h11-13,18-20H,4-10,14-16H2,1-3H3/t18-,19+. The molecule has 2 aromatic rings. The number of hydrogen-bond acceptors (Lipinski definition) is 4. The molecule has 2 saturated heterocycles. The maximum absolute atomic E-state index is 13.4. The van der Waals surface area contributed by atoms with Crippen molar-refractivity contribution >= 4 is 23.4 Å². The number of aromatic nitrogens is 2. The summed E-state index contributed by atoms with van der Waals surface area (Å²) in [5.41, 5.74) is 5.05. The normalized spacial score (nSPS) is 23.0. The van der Waals surface area contributed by atoms with Gasteiger partial charge in [-0.3, -0.25) is 14.3 Å². The number of likely N-dealkylation sites (tertiary alicyclic amines) is 1. The maximum Gasteiger partial charge on any atom is 0.274 e. The van der Waals surface area contributed by atoms with Crippen LogP contribution in [0.2, 0.25) is 5.02 Å². The fourth-order valence-corrected chi connectivity index (χ4v) is 6.29. The number of aryl methyl sites for hydroxylation is 1. The van der Waals surface area contributed by atoms with E-state index >= 15 is 0 Å². The second kappa shape index (κ2) is 9.94. The van der Waals surface area contributed by atoms with Crippen LogP contribution in [0.4, 0.5) is 0 Å². The van der Waals surface area contributed by atoms with Crippen molar-refractivity contribution in [1.29, 1.82) is 0 Å². The van der Waals surface area contributed by atoms with Gasteiger partial charge in [0.2, 0.25) is 5.91 Å². The second-order valence-corrected chi connectivity index (χ2v) is 10.9. The maximum atomic E-state index is 13.4. The van der Waals surface area contributed by atoms with E-state index in [1.165, 1.54) is 11.1 Å². The Labute approximate surface area is 212 Å². The number of carbonyl (C=O) groups is 2. The zero-order valence-corrected chi connectivity index (χ0v) is 21.7. The van der Waals surface area contributed by atoms with Gasteiger partial charge in [-0.25, -0.2) is 0 Å². The first-order valence-electron chi connectivity index (χ1n) is 12.9. The lowest BCUT2D eigenvalue weighted by atomic mass is 9.88. The van der Waals surface area contributed by atoms with Crippen LogP contribution in [0.3, 0.4) is 0 Å². The molecule has 1 aliphatic carbocycles. The van der Waals surface area contributed by atoms with Gasteiger partial charge in [0, 0.05) is 42.5 Å². The first-order chi connectivity index (χ1) is 16.8. The van der Waals surface area contributed by atoms with Gasteiger partial charge in [-0.1, -0.05) is 17.7 Å². The fraction of sp³-hybridized carbons (Fsp3) is 0.593. The Morgan fingerprint density at radius 3 is 2.46 bits per heavy atom. The number of nitrogens with zero attached hydrogens (tertiary/aromatic N) is 4. The summed E-state index contributed by atoms with van der Waals surface area (Å²) in [6, 6.07) is 6.24. The SMILES string of the molecule is Cc1cc(Cl)cc(C2CCN(C(=O)Cn3nc(C(=O)N4C[C@@H](C)O[C@@H](C)C4)c4c3CCC4)CC2)c1. The van der Waals surface area contributed by atoms with E-state index in [2.05, 4.69) is 19.1 Å². The number of morpholine rings is 1. The molecule has 35 heavy (non-hydrogen) atoms. The quantitative estimate of drug-likeness (QED) is 0.639. The highest BCUT2D eigenvalue weighted by molar-refractivity contribution is 6.30. The number of ether oxygens (including phenoxy) is 1.